The molecule has 2 aliphatic rings. The summed E-state index contributed by atoms with van der Waals surface area (Å²) >= 11 is 0. The lowest BCUT2D eigenvalue weighted by Gasteiger charge is -2.43. The fraction of sp³-hybridized carbons (Fsp3) is 0.706. The van der Waals surface area contributed by atoms with Crippen molar-refractivity contribution in [3.05, 3.63) is 23.3 Å². The Hall–Kier alpha value is -1.73. The third-order valence-corrected chi connectivity index (χ3v) is 4.53. The average Bonchev–Trinajstić information content (AvgIpc) is 2.58. The van der Waals surface area contributed by atoms with Gasteiger partial charge in [-0.2, -0.15) is 0 Å². The SMILES string of the molecule is CCC1COC(C)(C)CN1C(=O)NCc1ncc2c(n1)CCOC2. The number of hydrogen-bond donors (Lipinski definition) is 1. The van der Waals surface area contributed by atoms with E-state index in [1.807, 2.05) is 18.7 Å². The van der Waals surface area contributed by atoms with E-state index in [1.54, 1.807) is 6.20 Å². The molecule has 1 aromatic rings. The van der Waals surface area contributed by atoms with E-state index in [0.717, 1.165) is 24.1 Å². The van der Waals surface area contributed by atoms with Crippen molar-refractivity contribution in [3.63, 3.8) is 0 Å². The van der Waals surface area contributed by atoms with Crippen LogP contribution in [0.3, 0.4) is 0 Å². The second-order valence-electron chi connectivity index (χ2n) is 6.98. The van der Waals surface area contributed by atoms with Gasteiger partial charge < -0.3 is 19.7 Å². The molecule has 0 spiro atoms. The lowest BCUT2D eigenvalue weighted by molar-refractivity contribution is -0.0997. The van der Waals surface area contributed by atoms with Crippen molar-refractivity contribution in [3.8, 4) is 0 Å². The minimum absolute atomic E-state index is 0.0807. The number of aromatic nitrogens is 2. The van der Waals surface area contributed by atoms with Crippen LogP contribution in [0.2, 0.25) is 0 Å². The highest BCUT2D eigenvalue weighted by Crippen LogP contribution is 2.22. The van der Waals surface area contributed by atoms with Gasteiger partial charge in [0.25, 0.3) is 0 Å². The standard InChI is InChI=1S/C17H26N4O3/c1-4-13-10-24-17(2,3)11-21(13)16(22)19-8-15-18-7-12-9-23-6-5-14(12)20-15/h7,13H,4-6,8-11H2,1-3H3,(H,19,22). The zero-order valence-corrected chi connectivity index (χ0v) is 14.7. The molecule has 0 bridgehead atoms. The molecule has 24 heavy (non-hydrogen) atoms. The van der Waals surface area contributed by atoms with Crippen LogP contribution in [0, 0.1) is 0 Å². The maximum absolute atomic E-state index is 12.6. The summed E-state index contributed by atoms with van der Waals surface area (Å²) in [4.78, 5) is 23.3. The molecule has 7 nitrogen and oxygen atoms in total. The predicted octanol–water partition coefficient (Wildman–Crippen LogP) is 1.65. The minimum Gasteiger partial charge on any atom is -0.376 e. The van der Waals surface area contributed by atoms with Crippen LogP contribution in [0.1, 0.15) is 44.3 Å². The summed E-state index contributed by atoms with van der Waals surface area (Å²) in [6, 6.07) is 0.0301. The first-order chi connectivity index (χ1) is 11.5. The van der Waals surface area contributed by atoms with E-state index >= 15 is 0 Å². The fourth-order valence-electron chi connectivity index (χ4n) is 3.09. The number of morpholine rings is 1. The van der Waals surface area contributed by atoms with E-state index < -0.39 is 0 Å². The van der Waals surface area contributed by atoms with Crippen LogP contribution in [-0.4, -0.2) is 52.3 Å². The van der Waals surface area contributed by atoms with Gasteiger partial charge in [0.2, 0.25) is 0 Å². The Labute approximate surface area is 142 Å². The first-order valence-electron chi connectivity index (χ1n) is 8.58. The Morgan fingerprint density at radius 1 is 1.50 bits per heavy atom. The molecular formula is C17H26N4O3. The van der Waals surface area contributed by atoms with E-state index in [4.69, 9.17) is 9.47 Å². The zero-order valence-electron chi connectivity index (χ0n) is 14.7. The molecular weight excluding hydrogens is 308 g/mol. The monoisotopic (exact) mass is 334 g/mol. The number of urea groups is 1. The van der Waals surface area contributed by atoms with E-state index in [0.29, 0.717) is 38.7 Å². The Morgan fingerprint density at radius 3 is 3.12 bits per heavy atom. The number of ether oxygens (including phenoxy) is 2. The van der Waals surface area contributed by atoms with Crippen molar-refractivity contribution >= 4 is 6.03 Å². The largest absolute Gasteiger partial charge is 0.376 e. The van der Waals surface area contributed by atoms with E-state index in [9.17, 15) is 4.79 Å². The Kier molecular flexibility index (Phi) is 5.01. The zero-order chi connectivity index (χ0) is 17.2. The number of carbonyl (C=O) groups is 1. The van der Waals surface area contributed by atoms with Crippen LogP contribution in [0.5, 0.6) is 0 Å². The van der Waals surface area contributed by atoms with Crippen LogP contribution < -0.4 is 5.32 Å². The summed E-state index contributed by atoms with van der Waals surface area (Å²) in [7, 11) is 0. The summed E-state index contributed by atoms with van der Waals surface area (Å²) in [5.74, 6) is 0.643. The number of fused-ring (bicyclic) bond motifs is 1. The normalized spacial score (nSPS) is 22.8. The van der Waals surface area contributed by atoms with Crippen molar-refractivity contribution in [2.75, 3.05) is 19.8 Å². The summed E-state index contributed by atoms with van der Waals surface area (Å²) < 4.78 is 11.2. The molecule has 3 rings (SSSR count). The summed E-state index contributed by atoms with van der Waals surface area (Å²) in [6.07, 6.45) is 3.48. The van der Waals surface area contributed by atoms with Crippen LogP contribution in [0.15, 0.2) is 6.20 Å². The molecule has 1 unspecified atom stereocenters. The van der Waals surface area contributed by atoms with Crippen molar-refractivity contribution < 1.29 is 14.3 Å². The molecule has 7 heteroatoms. The highest BCUT2D eigenvalue weighted by Gasteiger charge is 2.35. The lowest BCUT2D eigenvalue weighted by Crippen LogP contribution is -2.58. The second-order valence-corrected chi connectivity index (χ2v) is 6.98. The van der Waals surface area contributed by atoms with Crippen molar-refractivity contribution in [1.82, 2.24) is 20.2 Å². The third kappa shape index (κ3) is 3.84. The van der Waals surface area contributed by atoms with Gasteiger partial charge in [-0.15, -0.1) is 0 Å². The Bertz CT molecular complexity index is 605. The molecule has 1 fully saturated rings. The van der Waals surface area contributed by atoms with Crippen LogP contribution in [0.25, 0.3) is 0 Å². The van der Waals surface area contributed by atoms with Gasteiger partial charge in [0.05, 0.1) is 50.2 Å². The maximum Gasteiger partial charge on any atom is 0.318 e. The van der Waals surface area contributed by atoms with Crippen molar-refractivity contribution in [2.24, 2.45) is 0 Å². The van der Waals surface area contributed by atoms with Crippen molar-refractivity contribution in [2.45, 2.75) is 58.4 Å². The smallest absolute Gasteiger partial charge is 0.318 e. The topological polar surface area (TPSA) is 76.6 Å². The second kappa shape index (κ2) is 7.03. The average molecular weight is 334 g/mol. The first kappa shape index (κ1) is 17.1. The molecule has 0 aliphatic carbocycles. The number of amides is 2. The van der Waals surface area contributed by atoms with Gasteiger partial charge in [-0.3, -0.25) is 0 Å². The molecule has 132 valence electrons. The van der Waals surface area contributed by atoms with E-state index in [2.05, 4.69) is 22.2 Å². The summed E-state index contributed by atoms with van der Waals surface area (Å²) in [5.41, 5.74) is 1.75. The minimum atomic E-state index is -0.314. The molecule has 2 aliphatic heterocycles. The number of carbonyl (C=O) groups excluding carboxylic acids is 1. The van der Waals surface area contributed by atoms with Crippen LogP contribution in [-0.2, 0) is 29.0 Å². The molecule has 0 aromatic carbocycles. The highest BCUT2D eigenvalue weighted by molar-refractivity contribution is 5.74. The van der Waals surface area contributed by atoms with Gasteiger partial charge >= 0.3 is 6.03 Å². The number of nitrogens with one attached hydrogen (secondary N) is 1. The molecule has 1 saturated heterocycles. The van der Waals surface area contributed by atoms with Gasteiger partial charge in [0, 0.05) is 18.2 Å². The maximum atomic E-state index is 12.6. The molecule has 0 radical (unpaired) electrons. The van der Waals surface area contributed by atoms with Gasteiger partial charge in [0.1, 0.15) is 5.82 Å². The van der Waals surface area contributed by atoms with Gasteiger partial charge in [-0.05, 0) is 20.3 Å². The third-order valence-electron chi connectivity index (χ3n) is 4.53. The van der Waals surface area contributed by atoms with Crippen LogP contribution in [0.4, 0.5) is 4.79 Å². The van der Waals surface area contributed by atoms with Gasteiger partial charge in [-0.1, -0.05) is 6.92 Å². The number of hydrogen-bond acceptors (Lipinski definition) is 5. The quantitative estimate of drug-likeness (QED) is 0.909. The fourth-order valence-corrected chi connectivity index (χ4v) is 3.09. The van der Waals surface area contributed by atoms with Crippen LogP contribution >= 0.6 is 0 Å². The first-order valence-corrected chi connectivity index (χ1v) is 8.58. The molecule has 0 saturated carbocycles. The summed E-state index contributed by atoms with van der Waals surface area (Å²) in [5, 5.41) is 2.95. The molecule has 2 amide bonds. The molecule has 3 heterocycles. The molecule has 1 N–H and O–H groups in total. The lowest BCUT2D eigenvalue weighted by atomic mass is 10.0. The molecule has 1 atom stereocenters. The molecule has 1 aromatic heterocycles. The number of nitrogens with zero attached hydrogens (tertiary/aromatic N) is 3. The predicted molar refractivity (Wildman–Crippen MR) is 88.4 cm³/mol. The highest BCUT2D eigenvalue weighted by atomic mass is 16.5. The summed E-state index contributed by atoms with van der Waals surface area (Å²) in [6.45, 7) is 8.84. The van der Waals surface area contributed by atoms with Gasteiger partial charge in [0.15, 0.2) is 0 Å². The Balaban J connectivity index is 1.62. The van der Waals surface area contributed by atoms with Gasteiger partial charge in [-0.25, -0.2) is 14.8 Å². The Morgan fingerprint density at radius 2 is 2.33 bits per heavy atom. The van der Waals surface area contributed by atoms with Crippen molar-refractivity contribution in [1.29, 1.82) is 0 Å². The number of rotatable bonds is 3. The van der Waals surface area contributed by atoms with E-state index in [-0.39, 0.29) is 17.7 Å². The van der Waals surface area contributed by atoms with E-state index in [1.165, 1.54) is 0 Å².